The smallest absolute Gasteiger partial charge is 0.326 e. The van der Waals surface area contributed by atoms with Crippen molar-refractivity contribution in [2.75, 3.05) is 6.54 Å². The first-order valence-electron chi connectivity index (χ1n) is 13.4. The van der Waals surface area contributed by atoms with Gasteiger partial charge in [-0.1, -0.05) is 42.5 Å². The van der Waals surface area contributed by atoms with Gasteiger partial charge in [-0.05, 0) is 42.5 Å². The number of carbonyl (C=O) groups excluding carboxylic acids is 3. The van der Waals surface area contributed by atoms with Crippen LogP contribution in [0.1, 0.15) is 29.7 Å². The second kappa shape index (κ2) is 13.6. The average Bonchev–Trinajstić information content (AvgIpc) is 3.66. The number of carboxylic acid groups (broad SMARTS) is 1. The molecule has 1 aliphatic rings. The molecule has 4 rings (SSSR count). The van der Waals surface area contributed by atoms with E-state index in [4.69, 9.17) is 5.73 Å². The number of hydrogen-bond donors (Lipinski definition) is 6. The number of aromatic hydroxyl groups is 1. The number of aromatic amines is 1. The molecular weight excluding hydrogens is 528 g/mol. The molecule has 0 bridgehead atoms. The monoisotopic (exact) mass is 562 g/mol. The van der Waals surface area contributed by atoms with Gasteiger partial charge in [-0.25, -0.2) is 9.78 Å². The number of carboxylic acids is 1. The summed E-state index contributed by atoms with van der Waals surface area (Å²) in [5, 5.41) is 24.6. The van der Waals surface area contributed by atoms with E-state index in [0.717, 1.165) is 5.56 Å². The molecule has 4 atom stereocenters. The molecule has 1 aliphatic heterocycles. The lowest BCUT2D eigenvalue weighted by Crippen LogP contribution is -2.57. The van der Waals surface area contributed by atoms with E-state index in [0.29, 0.717) is 37.1 Å². The Kier molecular flexibility index (Phi) is 9.69. The van der Waals surface area contributed by atoms with Crippen molar-refractivity contribution in [1.82, 2.24) is 25.5 Å². The molecule has 0 aliphatic carbocycles. The number of H-pyrrole nitrogens is 1. The molecule has 0 radical (unpaired) electrons. The molecular formula is C29H34N6O6. The summed E-state index contributed by atoms with van der Waals surface area (Å²) in [4.78, 5) is 60.1. The maximum absolute atomic E-state index is 13.5. The number of rotatable bonds is 12. The molecule has 7 N–H and O–H groups in total. The van der Waals surface area contributed by atoms with E-state index in [9.17, 15) is 29.4 Å². The van der Waals surface area contributed by atoms with E-state index in [1.165, 1.54) is 29.6 Å². The molecule has 41 heavy (non-hydrogen) atoms. The van der Waals surface area contributed by atoms with Crippen LogP contribution in [-0.4, -0.2) is 79.5 Å². The Morgan fingerprint density at radius 3 is 2.34 bits per heavy atom. The zero-order valence-corrected chi connectivity index (χ0v) is 22.4. The second-order valence-corrected chi connectivity index (χ2v) is 10.1. The molecule has 1 saturated heterocycles. The lowest BCUT2D eigenvalue weighted by atomic mass is 10.0. The summed E-state index contributed by atoms with van der Waals surface area (Å²) < 4.78 is 0. The average molecular weight is 563 g/mol. The van der Waals surface area contributed by atoms with Crippen molar-refractivity contribution in [3.05, 3.63) is 83.9 Å². The largest absolute Gasteiger partial charge is 0.508 e. The van der Waals surface area contributed by atoms with Crippen LogP contribution in [0.25, 0.3) is 0 Å². The first-order chi connectivity index (χ1) is 19.7. The van der Waals surface area contributed by atoms with Crippen LogP contribution in [0.5, 0.6) is 5.75 Å². The van der Waals surface area contributed by atoms with E-state index in [1.54, 1.807) is 12.1 Å². The lowest BCUT2D eigenvalue weighted by molar-refractivity contribution is -0.143. The molecule has 2 aromatic carbocycles. The third-order valence-corrected chi connectivity index (χ3v) is 7.06. The van der Waals surface area contributed by atoms with Gasteiger partial charge in [0.15, 0.2) is 0 Å². The highest BCUT2D eigenvalue weighted by atomic mass is 16.4. The Bertz CT molecular complexity index is 1330. The van der Waals surface area contributed by atoms with Crippen molar-refractivity contribution >= 4 is 23.7 Å². The van der Waals surface area contributed by atoms with Gasteiger partial charge in [0.1, 0.15) is 23.9 Å². The number of likely N-dealkylation sites (tertiary alicyclic amines) is 1. The Labute approximate surface area is 237 Å². The molecule has 0 spiro atoms. The van der Waals surface area contributed by atoms with Gasteiger partial charge in [-0.2, -0.15) is 0 Å². The number of aromatic nitrogens is 2. The fourth-order valence-corrected chi connectivity index (χ4v) is 4.90. The van der Waals surface area contributed by atoms with Gasteiger partial charge in [-0.15, -0.1) is 0 Å². The number of hydrogen-bond acceptors (Lipinski definition) is 7. The molecule has 216 valence electrons. The highest BCUT2D eigenvalue weighted by Gasteiger charge is 2.38. The molecule has 0 saturated carbocycles. The van der Waals surface area contributed by atoms with E-state index in [1.807, 2.05) is 30.3 Å². The van der Waals surface area contributed by atoms with Crippen LogP contribution in [0.4, 0.5) is 0 Å². The number of aliphatic carboxylic acids is 1. The van der Waals surface area contributed by atoms with Crippen LogP contribution in [0.15, 0.2) is 67.1 Å². The van der Waals surface area contributed by atoms with E-state index in [-0.39, 0.29) is 24.5 Å². The number of imidazole rings is 1. The van der Waals surface area contributed by atoms with E-state index in [2.05, 4.69) is 20.6 Å². The number of carbonyl (C=O) groups is 4. The molecule has 4 unspecified atom stereocenters. The summed E-state index contributed by atoms with van der Waals surface area (Å²) in [5.41, 5.74) is 8.28. The van der Waals surface area contributed by atoms with Gasteiger partial charge in [0.2, 0.25) is 17.7 Å². The lowest BCUT2D eigenvalue weighted by Gasteiger charge is -2.29. The molecule has 3 aromatic rings. The quantitative estimate of drug-likeness (QED) is 0.184. The summed E-state index contributed by atoms with van der Waals surface area (Å²) in [5.74, 6) is -2.78. The Hall–Kier alpha value is -4.71. The summed E-state index contributed by atoms with van der Waals surface area (Å²) in [6.07, 6.45) is 4.19. The van der Waals surface area contributed by atoms with Gasteiger partial charge >= 0.3 is 5.97 Å². The van der Waals surface area contributed by atoms with Gasteiger partial charge < -0.3 is 36.5 Å². The zero-order valence-electron chi connectivity index (χ0n) is 22.4. The Morgan fingerprint density at radius 1 is 0.976 bits per heavy atom. The van der Waals surface area contributed by atoms with Crippen molar-refractivity contribution in [1.29, 1.82) is 0 Å². The minimum atomic E-state index is -1.28. The predicted molar refractivity (Wildman–Crippen MR) is 148 cm³/mol. The van der Waals surface area contributed by atoms with Crippen LogP contribution >= 0.6 is 0 Å². The number of nitrogens with two attached hydrogens (primary N) is 1. The van der Waals surface area contributed by atoms with Crippen LogP contribution < -0.4 is 16.4 Å². The summed E-state index contributed by atoms with van der Waals surface area (Å²) >= 11 is 0. The number of phenols is 1. The molecule has 1 aromatic heterocycles. The highest BCUT2D eigenvalue weighted by molar-refractivity contribution is 5.94. The SMILES string of the molecule is NC(Cc1ccccc1)C(=O)N1CCCC1C(=O)NC(Cc1ccc(O)cc1)C(=O)NC(Cc1cnc[nH]1)C(=O)O. The number of nitrogens with zero attached hydrogens (tertiary/aromatic N) is 2. The molecule has 2 heterocycles. The molecule has 3 amide bonds. The van der Waals surface area contributed by atoms with Crippen LogP contribution in [-0.2, 0) is 38.4 Å². The molecule has 12 heteroatoms. The third kappa shape index (κ3) is 7.92. The molecule has 1 fully saturated rings. The van der Waals surface area contributed by atoms with E-state index < -0.39 is 42.0 Å². The Morgan fingerprint density at radius 2 is 1.68 bits per heavy atom. The van der Waals surface area contributed by atoms with Gasteiger partial charge in [0.05, 0.1) is 12.4 Å². The number of nitrogens with one attached hydrogen (secondary N) is 3. The van der Waals surface area contributed by atoms with Crippen molar-refractivity contribution in [3.63, 3.8) is 0 Å². The van der Waals surface area contributed by atoms with Crippen molar-refractivity contribution in [2.45, 2.75) is 56.3 Å². The van der Waals surface area contributed by atoms with Gasteiger partial charge in [0, 0.05) is 31.3 Å². The van der Waals surface area contributed by atoms with Crippen molar-refractivity contribution in [2.24, 2.45) is 5.73 Å². The maximum atomic E-state index is 13.5. The number of phenolic OH excluding ortho intramolecular Hbond substituents is 1. The van der Waals surface area contributed by atoms with Crippen LogP contribution in [0.3, 0.4) is 0 Å². The number of benzene rings is 2. The van der Waals surface area contributed by atoms with Crippen LogP contribution in [0.2, 0.25) is 0 Å². The minimum Gasteiger partial charge on any atom is -0.508 e. The zero-order chi connectivity index (χ0) is 29.4. The van der Waals surface area contributed by atoms with Gasteiger partial charge in [-0.3, -0.25) is 14.4 Å². The fraction of sp³-hybridized carbons (Fsp3) is 0.345. The first-order valence-corrected chi connectivity index (χ1v) is 13.4. The van der Waals surface area contributed by atoms with Crippen molar-refractivity contribution in [3.8, 4) is 5.75 Å². The van der Waals surface area contributed by atoms with Crippen molar-refractivity contribution < 1.29 is 29.4 Å². The minimum absolute atomic E-state index is 0.0302. The summed E-state index contributed by atoms with van der Waals surface area (Å²) in [6.45, 7) is 0.361. The number of amides is 3. The first kappa shape index (κ1) is 29.3. The van der Waals surface area contributed by atoms with Crippen LogP contribution in [0, 0.1) is 0 Å². The predicted octanol–water partition coefficient (Wildman–Crippen LogP) is 0.516. The van der Waals surface area contributed by atoms with Gasteiger partial charge in [0.25, 0.3) is 0 Å². The normalized spacial score (nSPS) is 16.9. The fourth-order valence-electron chi connectivity index (χ4n) is 4.90. The van der Waals surface area contributed by atoms with E-state index >= 15 is 0 Å². The maximum Gasteiger partial charge on any atom is 0.326 e. The highest BCUT2D eigenvalue weighted by Crippen LogP contribution is 2.20. The third-order valence-electron chi connectivity index (χ3n) is 7.06. The molecule has 12 nitrogen and oxygen atoms in total. The topological polar surface area (TPSA) is 191 Å². The summed E-state index contributed by atoms with van der Waals surface area (Å²) in [7, 11) is 0. The summed E-state index contributed by atoms with van der Waals surface area (Å²) in [6, 6.07) is 11.4. The standard InChI is InChI=1S/C29H34N6O6/c30-22(13-18-5-2-1-3-6-18)28(39)35-12-4-7-25(35)27(38)33-23(14-19-8-10-21(36)11-9-19)26(37)34-24(29(40)41)15-20-16-31-17-32-20/h1-3,5-6,8-11,16-17,22-25,36H,4,7,12-15,30H2,(H,31,32)(H,33,38)(H,34,37)(H,40,41). The Balaban J connectivity index is 1.47. The second-order valence-electron chi connectivity index (χ2n) is 10.1.